The molecule has 0 radical (unpaired) electrons. The minimum Gasteiger partial charge on any atom is -0.287 e. The van der Waals surface area contributed by atoms with Crippen molar-refractivity contribution in [2.75, 3.05) is 5.43 Å². The second-order valence-corrected chi connectivity index (χ2v) is 3.86. The molecule has 18 heavy (non-hydrogen) atoms. The van der Waals surface area contributed by atoms with Gasteiger partial charge in [0, 0.05) is 0 Å². The fourth-order valence-electron chi connectivity index (χ4n) is 1.58. The van der Waals surface area contributed by atoms with Crippen LogP contribution in [0.3, 0.4) is 0 Å². The first kappa shape index (κ1) is 10.7. The average molecular weight is 265 g/mol. The summed E-state index contributed by atoms with van der Waals surface area (Å²) in [6.07, 6.45) is 3.95. The molecule has 1 aliphatic carbocycles. The number of rotatable bonds is 2. The highest BCUT2D eigenvalue weighted by molar-refractivity contribution is 6.49. The number of nitrogens with one attached hydrogen (secondary N) is 2. The summed E-state index contributed by atoms with van der Waals surface area (Å²) in [4.78, 5) is 24.0. The van der Waals surface area contributed by atoms with Crippen molar-refractivity contribution < 1.29 is 9.59 Å². The quantitative estimate of drug-likeness (QED) is 0.795. The van der Waals surface area contributed by atoms with E-state index in [0.29, 0.717) is 0 Å². The number of nitrogens with zero attached hydrogens (tertiary/aromatic N) is 4. The molecule has 0 saturated carbocycles. The van der Waals surface area contributed by atoms with Crippen molar-refractivity contribution in [3.8, 4) is 0 Å². The summed E-state index contributed by atoms with van der Waals surface area (Å²) in [5.74, 6) is -0.906. The molecular weight excluding hydrogens is 260 g/mol. The highest BCUT2D eigenvalue weighted by Crippen LogP contribution is 2.25. The number of aromatic amines is 1. The van der Waals surface area contributed by atoms with Crippen LogP contribution in [0.1, 0.15) is 20.8 Å². The van der Waals surface area contributed by atoms with Crippen LogP contribution in [-0.4, -0.2) is 36.6 Å². The number of carbonyl (C=O) groups is 2. The molecule has 0 saturated heterocycles. The Kier molecular flexibility index (Phi) is 2.23. The third kappa shape index (κ3) is 1.43. The Bertz CT molecular complexity index is 671. The largest absolute Gasteiger partial charge is 0.287 e. The van der Waals surface area contributed by atoms with E-state index in [9.17, 15) is 9.59 Å². The Balaban J connectivity index is 2.06. The number of fused-ring (bicyclic) bond motifs is 1. The van der Waals surface area contributed by atoms with Crippen LogP contribution in [0, 0.1) is 0 Å². The molecule has 9 heteroatoms. The van der Waals surface area contributed by atoms with Gasteiger partial charge in [-0.15, -0.1) is 10.2 Å². The van der Waals surface area contributed by atoms with E-state index in [-0.39, 0.29) is 22.0 Å². The summed E-state index contributed by atoms with van der Waals surface area (Å²) in [6.45, 7) is 0. The Morgan fingerprint density at radius 1 is 1.22 bits per heavy atom. The number of halogens is 1. The molecule has 1 aliphatic rings. The molecule has 0 unspecified atom stereocenters. The standard InChI is InChI=1S/C9H5ClN6O2/c10-5-7(15-16-2-12-13-3-16)8(17)4-1-11-14-6(4)9(5)18/h1-3,15H,(H,11,14). The van der Waals surface area contributed by atoms with Crippen LogP contribution in [0.25, 0.3) is 0 Å². The van der Waals surface area contributed by atoms with Crippen LogP contribution >= 0.6 is 11.6 Å². The molecular formula is C9H5ClN6O2. The summed E-state index contributed by atoms with van der Waals surface area (Å²) in [6, 6.07) is 0. The van der Waals surface area contributed by atoms with Crippen molar-refractivity contribution in [3.63, 3.8) is 0 Å². The molecule has 3 rings (SSSR count). The molecule has 0 atom stereocenters. The molecule has 2 aromatic heterocycles. The number of Topliss-reactive ketones (excluding diaryl/α,β-unsaturated/α-hetero) is 2. The second kappa shape index (κ2) is 3.77. The second-order valence-electron chi connectivity index (χ2n) is 3.49. The first-order valence-corrected chi connectivity index (χ1v) is 5.20. The van der Waals surface area contributed by atoms with Gasteiger partial charge in [-0.2, -0.15) is 5.10 Å². The lowest BCUT2D eigenvalue weighted by Crippen LogP contribution is -2.27. The highest BCUT2D eigenvalue weighted by Gasteiger charge is 2.33. The van der Waals surface area contributed by atoms with E-state index in [1.165, 1.54) is 23.5 Å². The lowest BCUT2D eigenvalue weighted by atomic mass is 10.00. The van der Waals surface area contributed by atoms with Crippen molar-refractivity contribution in [1.29, 1.82) is 0 Å². The van der Waals surface area contributed by atoms with Gasteiger partial charge < -0.3 is 0 Å². The number of hydrogen-bond donors (Lipinski definition) is 2. The number of aromatic nitrogens is 5. The van der Waals surface area contributed by atoms with Crippen LogP contribution in [0.15, 0.2) is 29.6 Å². The van der Waals surface area contributed by atoms with E-state index in [2.05, 4.69) is 25.8 Å². The summed E-state index contributed by atoms with van der Waals surface area (Å²) >= 11 is 5.87. The maximum Gasteiger partial charge on any atom is 0.225 e. The summed E-state index contributed by atoms with van der Waals surface area (Å²) < 4.78 is 1.31. The van der Waals surface area contributed by atoms with Gasteiger partial charge in [0.25, 0.3) is 0 Å². The average Bonchev–Trinajstić information content (AvgIpc) is 3.02. The Hall–Kier alpha value is -2.48. The maximum atomic E-state index is 12.1. The van der Waals surface area contributed by atoms with Gasteiger partial charge in [0.15, 0.2) is 0 Å². The van der Waals surface area contributed by atoms with Crippen LogP contribution < -0.4 is 5.43 Å². The zero-order chi connectivity index (χ0) is 12.7. The van der Waals surface area contributed by atoms with Crippen LogP contribution in [0.4, 0.5) is 0 Å². The fraction of sp³-hybridized carbons (Fsp3) is 0. The first-order valence-electron chi connectivity index (χ1n) is 4.82. The number of allylic oxidation sites excluding steroid dienone is 2. The summed E-state index contributed by atoms with van der Waals surface area (Å²) in [5.41, 5.74) is 2.89. The van der Waals surface area contributed by atoms with Gasteiger partial charge in [0.05, 0.1) is 11.8 Å². The van der Waals surface area contributed by atoms with E-state index in [1.807, 2.05) is 0 Å². The van der Waals surface area contributed by atoms with Crippen molar-refractivity contribution in [1.82, 2.24) is 25.1 Å². The molecule has 0 aliphatic heterocycles. The van der Waals surface area contributed by atoms with Gasteiger partial charge in [-0.3, -0.25) is 20.1 Å². The number of carbonyl (C=O) groups excluding carboxylic acids is 2. The molecule has 0 bridgehead atoms. The molecule has 8 nitrogen and oxygen atoms in total. The van der Waals surface area contributed by atoms with Crippen molar-refractivity contribution in [3.05, 3.63) is 40.8 Å². The SMILES string of the molecule is O=C1C(Nn2cnnc2)=C(Cl)C(=O)c2[nH]ncc21. The normalized spacial score (nSPS) is 14.9. The molecule has 2 N–H and O–H groups in total. The van der Waals surface area contributed by atoms with Crippen molar-refractivity contribution >= 4 is 23.2 Å². The molecule has 0 spiro atoms. The van der Waals surface area contributed by atoms with Crippen LogP contribution in [-0.2, 0) is 0 Å². The van der Waals surface area contributed by atoms with Crippen molar-refractivity contribution in [2.45, 2.75) is 0 Å². The predicted octanol–water partition coefficient (Wildman–Crippen LogP) is 0.0743. The Morgan fingerprint density at radius 3 is 2.67 bits per heavy atom. The van der Waals surface area contributed by atoms with Crippen LogP contribution in [0.2, 0.25) is 0 Å². The Labute approximate surface area is 105 Å². The number of ketones is 2. The van der Waals surface area contributed by atoms with E-state index in [1.54, 1.807) is 0 Å². The molecule has 0 fully saturated rings. The van der Waals surface area contributed by atoms with Gasteiger partial charge in [0.2, 0.25) is 11.6 Å². The van der Waals surface area contributed by atoms with Gasteiger partial charge >= 0.3 is 0 Å². The third-order valence-corrected chi connectivity index (χ3v) is 2.78. The van der Waals surface area contributed by atoms with E-state index >= 15 is 0 Å². The topological polar surface area (TPSA) is 106 Å². The Morgan fingerprint density at radius 2 is 1.94 bits per heavy atom. The van der Waals surface area contributed by atoms with Gasteiger partial charge in [0.1, 0.15) is 29.1 Å². The van der Waals surface area contributed by atoms with Crippen LogP contribution in [0.5, 0.6) is 0 Å². The smallest absolute Gasteiger partial charge is 0.225 e. The van der Waals surface area contributed by atoms with Gasteiger partial charge in [-0.25, -0.2) is 4.68 Å². The third-order valence-electron chi connectivity index (χ3n) is 2.42. The molecule has 90 valence electrons. The summed E-state index contributed by atoms with van der Waals surface area (Å²) in [5, 5.41) is 13.0. The number of hydrogen-bond acceptors (Lipinski definition) is 6. The molecule has 2 aromatic rings. The zero-order valence-corrected chi connectivity index (χ0v) is 9.47. The van der Waals surface area contributed by atoms with Crippen molar-refractivity contribution in [2.24, 2.45) is 0 Å². The molecule has 0 amide bonds. The van der Waals surface area contributed by atoms with E-state index in [4.69, 9.17) is 11.6 Å². The lowest BCUT2D eigenvalue weighted by Gasteiger charge is -2.15. The van der Waals surface area contributed by atoms with Gasteiger partial charge in [-0.05, 0) is 0 Å². The summed E-state index contributed by atoms with van der Waals surface area (Å²) in [7, 11) is 0. The lowest BCUT2D eigenvalue weighted by molar-refractivity contribution is 0.0978. The fourth-order valence-corrected chi connectivity index (χ4v) is 1.80. The first-order chi connectivity index (χ1) is 8.68. The minimum absolute atomic E-state index is 0.0321. The van der Waals surface area contributed by atoms with Gasteiger partial charge in [-0.1, -0.05) is 11.6 Å². The monoisotopic (exact) mass is 264 g/mol. The van der Waals surface area contributed by atoms with E-state index < -0.39 is 11.6 Å². The minimum atomic E-state index is -0.487. The maximum absolute atomic E-state index is 12.1. The van der Waals surface area contributed by atoms with E-state index in [0.717, 1.165) is 0 Å². The highest BCUT2D eigenvalue weighted by atomic mass is 35.5. The predicted molar refractivity (Wildman–Crippen MR) is 59.5 cm³/mol. The molecule has 2 heterocycles. The molecule has 0 aromatic carbocycles. The number of H-pyrrole nitrogens is 1. The zero-order valence-electron chi connectivity index (χ0n) is 8.72.